The maximum Gasteiger partial charge on any atom is 0.0880 e. The number of aromatic nitrogens is 1. The van der Waals surface area contributed by atoms with Crippen molar-refractivity contribution in [3.63, 3.8) is 0 Å². The molecule has 6 aromatic rings. The molecule has 170 valence electrons. The molecule has 3 aromatic heterocycles. The number of nitrogens with zero attached hydrogens (tertiary/aromatic N) is 1. The van der Waals surface area contributed by atoms with Crippen LogP contribution in [0.15, 0.2) is 66.9 Å². The topological polar surface area (TPSA) is 12.9 Å². The van der Waals surface area contributed by atoms with Gasteiger partial charge in [-0.25, -0.2) is 0 Å². The molecule has 0 aliphatic heterocycles. The van der Waals surface area contributed by atoms with E-state index in [1.54, 1.807) is 0 Å². The largest absolute Gasteiger partial charge is 0.255 e. The lowest BCUT2D eigenvalue weighted by Gasteiger charge is -2.22. The second-order valence-corrected chi connectivity index (χ2v) is 13.0. The number of benzene rings is 3. The van der Waals surface area contributed by atoms with Crippen LogP contribution in [0.25, 0.3) is 52.3 Å². The minimum absolute atomic E-state index is 0.0549. The summed E-state index contributed by atoms with van der Waals surface area (Å²) in [7, 11) is 0. The van der Waals surface area contributed by atoms with E-state index in [0.29, 0.717) is 5.92 Å². The van der Waals surface area contributed by atoms with Crippen LogP contribution in [0.5, 0.6) is 0 Å². The lowest BCUT2D eigenvalue weighted by molar-refractivity contribution is 0.596. The van der Waals surface area contributed by atoms with Gasteiger partial charge >= 0.3 is 0 Å². The van der Waals surface area contributed by atoms with Crippen LogP contribution in [-0.2, 0) is 11.8 Å². The summed E-state index contributed by atoms with van der Waals surface area (Å²) >= 11 is 3.83. The maximum atomic E-state index is 4.94. The summed E-state index contributed by atoms with van der Waals surface area (Å²) in [5.41, 5.74) is 3.74. The van der Waals surface area contributed by atoms with Gasteiger partial charge in [-0.2, -0.15) is 0 Å². The summed E-state index contributed by atoms with van der Waals surface area (Å²) in [6.07, 6.45) is 3.14. The third-order valence-corrected chi connectivity index (χ3v) is 8.95. The van der Waals surface area contributed by atoms with E-state index in [4.69, 9.17) is 4.98 Å². The van der Waals surface area contributed by atoms with E-state index >= 15 is 0 Å². The molecule has 34 heavy (non-hydrogen) atoms. The summed E-state index contributed by atoms with van der Waals surface area (Å²) in [5.74, 6) is 0.670. The predicted octanol–water partition coefficient (Wildman–Crippen LogP) is 9.98. The van der Waals surface area contributed by atoms with Crippen molar-refractivity contribution in [1.29, 1.82) is 0 Å². The van der Waals surface area contributed by atoms with Crippen molar-refractivity contribution in [3.8, 4) is 11.3 Å². The lowest BCUT2D eigenvalue weighted by Crippen LogP contribution is -2.12. The zero-order valence-electron chi connectivity index (χ0n) is 20.4. The monoisotopic (exact) mass is 479 g/mol. The van der Waals surface area contributed by atoms with Gasteiger partial charge in [0.05, 0.1) is 10.4 Å². The van der Waals surface area contributed by atoms with E-state index in [0.717, 1.165) is 12.1 Å². The van der Waals surface area contributed by atoms with Crippen molar-refractivity contribution < 1.29 is 0 Å². The zero-order chi connectivity index (χ0) is 23.6. The fourth-order valence-corrected chi connectivity index (χ4v) is 7.65. The number of fused-ring (bicyclic) bond motifs is 6. The molecule has 0 unspecified atom stereocenters. The Morgan fingerprint density at radius 1 is 0.824 bits per heavy atom. The average Bonchev–Trinajstić information content (AvgIpc) is 3.37. The van der Waals surface area contributed by atoms with Gasteiger partial charge in [-0.3, -0.25) is 4.98 Å². The van der Waals surface area contributed by atoms with Crippen LogP contribution in [0, 0.1) is 5.92 Å². The van der Waals surface area contributed by atoms with Gasteiger partial charge in [0.25, 0.3) is 0 Å². The van der Waals surface area contributed by atoms with Gasteiger partial charge in [0.2, 0.25) is 0 Å². The molecule has 0 atom stereocenters. The molecule has 0 spiro atoms. The highest BCUT2D eigenvalue weighted by Crippen LogP contribution is 2.45. The summed E-state index contributed by atoms with van der Waals surface area (Å²) in [6, 6.07) is 22.7. The van der Waals surface area contributed by atoms with Crippen LogP contribution in [0.2, 0.25) is 0 Å². The minimum atomic E-state index is 0.0549. The zero-order valence-corrected chi connectivity index (χ0v) is 22.0. The van der Waals surface area contributed by atoms with Gasteiger partial charge in [-0.05, 0) is 70.5 Å². The van der Waals surface area contributed by atoms with Crippen LogP contribution < -0.4 is 0 Å². The first-order chi connectivity index (χ1) is 16.3. The third kappa shape index (κ3) is 3.54. The minimum Gasteiger partial charge on any atom is -0.255 e. The van der Waals surface area contributed by atoms with E-state index in [1.165, 1.54) is 57.0 Å². The van der Waals surface area contributed by atoms with Crippen molar-refractivity contribution in [2.75, 3.05) is 0 Å². The van der Waals surface area contributed by atoms with Crippen molar-refractivity contribution in [3.05, 3.63) is 77.3 Å². The van der Waals surface area contributed by atoms with Gasteiger partial charge in [0.15, 0.2) is 0 Å². The highest BCUT2D eigenvalue weighted by molar-refractivity contribution is 7.27. The van der Waals surface area contributed by atoms with Gasteiger partial charge in [0.1, 0.15) is 0 Å². The Bertz CT molecular complexity index is 1690. The normalized spacial score (nSPS) is 12.6. The number of pyridine rings is 1. The second-order valence-electron chi connectivity index (χ2n) is 10.8. The van der Waals surface area contributed by atoms with Crippen LogP contribution >= 0.6 is 22.7 Å². The highest BCUT2D eigenvalue weighted by atomic mass is 32.1. The van der Waals surface area contributed by atoms with Crippen molar-refractivity contribution in [2.24, 2.45) is 5.92 Å². The summed E-state index contributed by atoms with van der Waals surface area (Å²) < 4.78 is 4.03. The Morgan fingerprint density at radius 2 is 1.62 bits per heavy atom. The Kier molecular flexibility index (Phi) is 5.05. The Balaban J connectivity index is 1.63. The summed E-state index contributed by atoms with van der Waals surface area (Å²) in [4.78, 5) is 6.42. The SMILES string of the molecule is CC(C)Cc1cc2c(ccc3sc4c(-c5cc(C(C)(C)C)c6ccccc6c5)nccc4c32)s1. The molecule has 3 heteroatoms. The predicted molar refractivity (Wildman–Crippen MR) is 153 cm³/mol. The van der Waals surface area contributed by atoms with Gasteiger partial charge in [0, 0.05) is 42.2 Å². The molecule has 6 rings (SSSR count). The summed E-state index contributed by atoms with van der Waals surface area (Å²) in [6.45, 7) is 11.5. The molecule has 0 radical (unpaired) electrons. The first-order valence-corrected chi connectivity index (χ1v) is 13.7. The molecule has 0 fully saturated rings. The van der Waals surface area contributed by atoms with Gasteiger partial charge in [-0.15, -0.1) is 22.7 Å². The van der Waals surface area contributed by atoms with E-state index in [9.17, 15) is 0 Å². The first-order valence-electron chi connectivity index (χ1n) is 12.1. The second kappa shape index (κ2) is 7.90. The van der Waals surface area contributed by atoms with Crippen LogP contribution in [0.3, 0.4) is 0 Å². The molecule has 0 saturated heterocycles. The van der Waals surface area contributed by atoms with E-state index in [2.05, 4.69) is 95.3 Å². The molecular weight excluding hydrogens is 450 g/mol. The molecule has 3 aromatic carbocycles. The first kappa shape index (κ1) is 21.8. The molecule has 0 amide bonds. The van der Waals surface area contributed by atoms with Gasteiger partial charge in [-0.1, -0.05) is 58.9 Å². The quantitative estimate of drug-likeness (QED) is 0.246. The smallest absolute Gasteiger partial charge is 0.0880 e. The van der Waals surface area contributed by atoms with Gasteiger partial charge < -0.3 is 0 Å². The lowest BCUT2D eigenvalue weighted by atomic mass is 9.82. The van der Waals surface area contributed by atoms with Crippen molar-refractivity contribution >= 4 is 63.7 Å². The molecule has 0 saturated carbocycles. The number of hydrogen-bond donors (Lipinski definition) is 0. The fraction of sp³-hybridized carbons (Fsp3) is 0.258. The Hall–Kier alpha value is -2.75. The number of rotatable bonds is 3. The van der Waals surface area contributed by atoms with Crippen LogP contribution in [0.1, 0.15) is 45.1 Å². The van der Waals surface area contributed by atoms with E-state index < -0.39 is 0 Å². The van der Waals surface area contributed by atoms with Crippen molar-refractivity contribution in [1.82, 2.24) is 4.98 Å². The third-order valence-electron chi connectivity index (χ3n) is 6.65. The fourth-order valence-electron chi connectivity index (χ4n) is 5.14. The molecule has 0 aliphatic rings. The van der Waals surface area contributed by atoms with E-state index in [-0.39, 0.29) is 5.41 Å². The molecule has 0 aliphatic carbocycles. The highest BCUT2D eigenvalue weighted by Gasteiger charge is 2.20. The van der Waals surface area contributed by atoms with Crippen LogP contribution in [0.4, 0.5) is 0 Å². The summed E-state index contributed by atoms with van der Waals surface area (Å²) in [5, 5.41) is 6.73. The number of thiophene rings is 2. The number of hydrogen-bond acceptors (Lipinski definition) is 3. The van der Waals surface area contributed by atoms with Crippen LogP contribution in [-0.4, -0.2) is 4.98 Å². The Labute approximate surface area is 209 Å². The standard InChI is InChI=1S/C31H29NS2/c1-18(2)14-21-17-24-26(33-21)10-11-27-28(24)23-12-13-32-29(30(23)34-27)20-15-19-8-6-7-9-22(19)25(16-20)31(3,4)5/h6-13,15-18H,14H2,1-5H3. The molecule has 3 heterocycles. The maximum absolute atomic E-state index is 4.94. The molecule has 0 bridgehead atoms. The molecule has 0 N–H and O–H groups in total. The average molecular weight is 480 g/mol. The molecular formula is C31H29NS2. The molecule has 1 nitrogen and oxygen atoms in total. The van der Waals surface area contributed by atoms with Crippen molar-refractivity contribution in [2.45, 2.75) is 46.5 Å². The van der Waals surface area contributed by atoms with E-state index in [1.807, 2.05) is 28.9 Å². The Morgan fingerprint density at radius 3 is 2.41 bits per heavy atom.